The van der Waals surface area contributed by atoms with Crippen LogP contribution in [0.25, 0.3) is 11.2 Å². The molecule has 3 aliphatic rings. The van der Waals surface area contributed by atoms with Gasteiger partial charge >= 0.3 is 0 Å². The maximum atomic E-state index is 6.07. The van der Waals surface area contributed by atoms with Crippen LogP contribution in [0.4, 0.5) is 0 Å². The average molecular weight is 291 g/mol. The molecule has 3 aliphatic carbocycles. The molecule has 106 valence electrons. The van der Waals surface area contributed by atoms with Gasteiger partial charge in [-0.15, -0.1) is 0 Å². The van der Waals surface area contributed by atoms with E-state index in [1.54, 1.807) is 0 Å². The van der Waals surface area contributed by atoms with E-state index in [-0.39, 0.29) is 0 Å². The number of halogens is 1. The van der Waals surface area contributed by atoms with Gasteiger partial charge in [0.05, 0.1) is 6.33 Å². The largest absolute Gasteiger partial charge is 0.315 e. The van der Waals surface area contributed by atoms with Crippen LogP contribution >= 0.6 is 11.6 Å². The van der Waals surface area contributed by atoms with E-state index in [1.807, 2.05) is 6.33 Å². The standard InChI is InChI=1S/C15H19ClN4/c1-15(2)10-4-3-9(11(15)5-10)6-20-8-19-12-13(16)17-7-18-14(12)20/h7-11H,3-6H2,1-2H3. The van der Waals surface area contributed by atoms with Gasteiger partial charge in [-0.3, -0.25) is 0 Å². The second-order valence-corrected chi connectivity index (χ2v) is 7.29. The fraction of sp³-hybridized carbons (Fsp3) is 0.667. The van der Waals surface area contributed by atoms with Crippen molar-refractivity contribution in [2.75, 3.05) is 0 Å². The van der Waals surface area contributed by atoms with Crippen molar-refractivity contribution in [2.24, 2.45) is 23.2 Å². The third-order valence-corrected chi connectivity index (χ3v) is 6.07. The minimum absolute atomic E-state index is 0.446. The first-order valence-corrected chi connectivity index (χ1v) is 7.76. The smallest absolute Gasteiger partial charge is 0.164 e. The molecule has 20 heavy (non-hydrogen) atoms. The number of aromatic nitrogens is 4. The van der Waals surface area contributed by atoms with E-state index in [2.05, 4.69) is 33.4 Å². The van der Waals surface area contributed by atoms with E-state index in [1.165, 1.54) is 25.6 Å². The van der Waals surface area contributed by atoms with Crippen molar-refractivity contribution in [2.45, 2.75) is 39.7 Å². The Morgan fingerprint density at radius 2 is 2.15 bits per heavy atom. The summed E-state index contributed by atoms with van der Waals surface area (Å²) in [7, 11) is 0. The Bertz CT molecular complexity index is 661. The number of hydrogen-bond donors (Lipinski definition) is 0. The molecule has 2 aromatic heterocycles. The number of imidazole rings is 1. The fourth-order valence-corrected chi connectivity index (χ4v) is 4.60. The summed E-state index contributed by atoms with van der Waals surface area (Å²) >= 11 is 6.07. The van der Waals surface area contributed by atoms with Crippen molar-refractivity contribution in [3.05, 3.63) is 17.8 Å². The molecule has 0 spiro atoms. The number of hydrogen-bond acceptors (Lipinski definition) is 3. The molecule has 3 fully saturated rings. The Labute approximate surface area is 123 Å². The van der Waals surface area contributed by atoms with Gasteiger partial charge in [-0.05, 0) is 42.4 Å². The Morgan fingerprint density at radius 1 is 1.30 bits per heavy atom. The topological polar surface area (TPSA) is 43.6 Å². The van der Waals surface area contributed by atoms with Crippen LogP contribution in [0.5, 0.6) is 0 Å². The second kappa shape index (κ2) is 4.17. The van der Waals surface area contributed by atoms with E-state index in [9.17, 15) is 0 Å². The predicted molar refractivity (Wildman–Crippen MR) is 78.4 cm³/mol. The van der Waals surface area contributed by atoms with Crippen molar-refractivity contribution in [1.29, 1.82) is 0 Å². The lowest BCUT2D eigenvalue weighted by Crippen LogP contribution is -2.53. The molecule has 0 N–H and O–H groups in total. The van der Waals surface area contributed by atoms with Gasteiger partial charge < -0.3 is 4.57 Å². The maximum absolute atomic E-state index is 6.07. The molecule has 0 aromatic carbocycles. The van der Waals surface area contributed by atoms with Crippen LogP contribution in [0.2, 0.25) is 5.15 Å². The van der Waals surface area contributed by atoms with E-state index >= 15 is 0 Å². The molecule has 0 saturated heterocycles. The highest BCUT2D eigenvalue weighted by Crippen LogP contribution is 2.61. The van der Waals surface area contributed by atoms with E-state index in [4.69, 9.17) is 11.6 Å². The Balaban J connectivity index is 1.64. The van der Waals surface area contributed by atoms with Crippen molar-refractivity contribution in [3.63, 3.8) is 0 Å². The van der Waals surface area contributed by atoms with Crippen molar-refractivity contribution >= 4 is 22.8 Å². The molecule has 2 heterocycles. The van der Waals surface area contributed by atoms with Gasteiger partial charge in [-0.2, -0.15) is 0 Å². The summed E-state index contributed by atoms with van der Waals surface area (Å²) in [6.07, 6.45) is 7.49. The van der Waals surface area contributed by atoms with Crippen molar-refractivity contribution in [3.8, 4) is 0 Å². The van der Waals surface area contributed by atoms with Gasteiger partial charge in [-0.1, -0.05) is 25.4 Å². The zero-order valence-corrected chi connectivity index (χ0v) is 12.6. The molecule has 0 amide bonds. The zero-order valence-electron chi connectivity index (χ0n) is 11.9. The molecule has 4 nitrogen and oxygen atoms in total. The summed E-state index contributed by atoms with van der Waals surface area (Å²) in [6, 6.07) is 0. The second-order valence-electron chi connectivity index (χ2n) is 6.93. The quantitative estimate of drug-likeness (QED) is 0.795. The van der Waals surface area contributed by atoms with Gasteiger partial charge in [0.25, 0.3) is 0 Å². The fourth-order valence-electron chi connectivity index (χ4n) is 4.42. The number of rotatable bonds is 2. The maximum Gasteiger partial charge on any atom is 0.164 e. The van der Waals surface area contributed by atoms with Crippen molar-refractivity contribution in [1.82, 2.24) is 19.5 Å². The predicted octanol–water partition coefficient (Wildman–Crippen LogP) is 3.55. The van der Waals surface area contributed by atoms with Crippen LogP contribution in [-0.2, 0) is 6.54 Å². The highest BCUT2D eigenvalue weighted by molar-refractivity contribution is 6.33. The lowest BCUT2D eigenvalue weighted by atomic mass is 9.45. The Hall–Kier alpha value is -1.16. The highest BCUT2D eigenvalue weighted by atomic mass is 35.5. The van der Waals surface area contributed by atoms with Crippen molar-refractivity contribution < 1.29 is 0 Å². The molecule has 0 radical (unpaired) electrons. The van der Waals surface area contributed by atoms with Gasteiger partial charge in [0, 0.05) is 6.54 Å². The van der Waals surface area contributed by atoms with Gasteiger partial charge in [0.2, 0.25) is 0 Å². The van der Waals surface area contributed by atoms with E-state index in [0.29, 0.717) is 10.6 Å². The van der Waals surface area contributed by atoms with Crippen LogP contribution in [0.1, 0.15) is 33.1 Å². The summed E-state index contributed by atoms with van der Waals surface area (Å²) in [6.45, 7) is 5.87. The zero-order chi connectivity index (χ0) is 13.9. The molecule has 0 aliphatic heterocycles. The summed E-state index contributed by atoms with van der Waals surface area (Å²) in [5.41, 5.74) is 2.10. The van der Waals surface area contributed by atoms with Crippen LogP contribution in [0.15, 0.2) is 12.7 Å². The molecule has 3 saturated carbocycles. The molecule has 3 atom stereocenters. The number of fused-ring (bicyclic) bond motifs is 3. The average Bonchev–Trinajstić information content (AvgIpc) is 2.83. The highest BCUT2D eigenvalue weighted by Gasteiger charge is 2.54. The first kappa shape index (κ1) is 12.6. The Kier molecular flexibility index (Phi) is 2.62. The molecule has 2 bridgehead atoms. The SMILES string of the molecule is CC1(C)C2CCC(Cn3cnc4c(Cl)ncnc43)C1C2. The van der Waals surface area contributed by atoms with E-state index < -0.39 is 0 Å². The van der Waals surface area contributed by atoms with Crippen LogP contribution in [0, 0.1) is 23.2 Å². The van der Waals surface area contributed by atoms with Crippen LogP contribution in [-0.4, -0.2) is 19.5 Å². The van der Waals surface area contributed by atoms with Gasteiger partial charge in [-0.25, -0.2) is 15.0 Å². The minimum atomic E-state index is 0.446. The number of nitrogens with zero attached hydrogens (tertiary/aromatic N) is 4. The summed E-state index contributed by atoms with van der Waals surface area (Å²) in [5, 5.41) is 0.446. The van der Waals surface area contributed by atoms with E-state index in [0.717, 1.165) is 35.5 Å². The lowest BCUT2D eigenvalue weighted by Gasteiger charge is -2.60. The summed E-state index contributed by atoms with van der Waals surface area (Å²) in [4.78, 5) is 12.7. The molecule has 3 unspecified atom stereocenters. The minimum Gasteiger partial charge on any atom is -0.315 e. The molecule has 5 heteroatoms. The Morgan fingerprint density at radius 3 is 2.90 bits per heavy atom. The van der Waals surface area contributed by atoms with Crippen LogP contribution in [0.3, 0.4) is 0 Å². The van der Waals surface area contributed by atoms with Gasteiger partial charge in [0.1, 0.15) is 11.8 Å². The first-order chi connectivity index (χ1) is 9.57. The van der Waals surface area contributed by atoms with Crippen LogP contribution < -0.4 is 0 Å². The monoisotopic (exact) mass is 290 g/mol. The lowest BCUT2D eigenvalue weighted by molar-refractivity contribution is -0.108. The first-order valence-electron chi connectivity index (χ1n) is 7.38. The summed E-state index contributed by atoms with van der Waals surface area (Å²) in [5.74, 6) is 2.53. The molecule has 5 rings (SSSR count). The van der Waals surface area contributed by atoms with Gasteiger partial charge in [0.15, 0.2) is 10.8 Å². The third kappa shape index (κ3) is 1.63. The summed E-state index contributed by atoms with van der Waals surface area (Å²) < 4.78 is 2.16. The molecule has 2 aromatic rings. The normalized spacial score (nSPS) is 31.2. The third-order valence-electron chi connectivity index (χ3n) is 5.79. The molecular formula is C15H19ClN4. The molecular weight excluding hydrogens is 272 g/mol.